The van der Waals surface area contributed by atoms with Gasteiger partial charge in [-0.3, -0.25) is 9.59 Å². The first-order chi connectivity index (χ1) is 13.1. The molecule has 0 saturated carbocycles. The van der Waals surface area contributed by atoms with Crippen LogP contribution in [0.2, 0.25) is 0 Å². The van der Waals surface area contributed by atoms with Crippen LogP contribution in [0.1, 0.15) is 43.7 Å². The summed E-state index contributed by atoms with van der Waals surface area (Å²) in [7, 11) is 0. The van der Waals surface area contributed by atoms with Crippen LogP contribution in [0.3, 0.4) is 0 Å². The largest absolute Gasteiger partial charge is 0.426 e. The van der Waals surface area contributed by atoms with Gasteiger partial charge in [-0.15, -0.1) is 0 Å². The van der Waals surface area contributed by atoms with E-state index in [4.69, 9.17) is 4.74 Å². The molecule has 2 aliphatic rings. The molecule has 2 aromatic rings. The molecule has 0 unspecified atom stereocenters. The lowest BCUT2D eigenvalue weighted by atomic mass is 9.52. The third-order valence-corrected chi connectivity index (χ3v) is 6.21. The number of hydrogen-bond acceptors (Lipinski definition) is 3. The SMILES string of the molecule is CCC[C@@H]1[C@@H](C)C=C(C=O)[C@@H](c2ccccc2)[C@]12C(=O)Oc1ccccc12. The molecule has 1 aliphatic carbocycles. The van der Waals surface area contributed by atoms with Crippen molar-refractivity contribution in [2.45, 2.75) is 38.0 Å². The lowest BCUT2D eigenvalue weighted by molar-refractivity contribution is -0.142. The van der Waals surface area contributed by atoms with Gasteiger partial charge < -0.3 is 4.74 Å². The van der Waals surface area contributed by atoms with Crippen LogP contribution < -0.4 is 4.74 Å². The van der Waals surface area contributed by atoms with Crippen molar-refractivity contribution < 1.29 is 14.3 Å². The molecule has 3 nitrogen and oxygen atoms in total. The monoisotopic (exact) mass is 360 g/mol. The van der Waals surface area contributed by atoms with Crippen molar-refractivity contribution in [2.75, 3.05) is 0 Å². The maximum Gasteiger partial charge on any atom is 0.323 e. The summed E-state index contributed by atoms with van der Waals surface area (Å²) in [5.41, 5.74) is 1.71. The number of para-hydroxylation sites is 1. The number of allylic oxidation sites excluding steroid dienone is 2. The average Bonchev–Trinajstić information content (AvgIpc) is 2.98. The van der Waals surface area contributed by atoms with Gasteiger partial charge in [-0.05, 0) is 35.5 Å². The molecule has 4 rings (SSSR count). The van der Waals surface area contributed by atoms with Crippen LogP contribution in [0.5, 0.6) is 5.75 Å². The molecule has 1 spiro atoms. The smallest absolute Gasteiger partial charge is 0.323 e. The summed E-state index contributed by atoms with van der Waals surface area (Å²) in [4.78, 5) is 25.6. The zero-order valence-electron chi connectivity index (χ0n) is 15.7. The van der Waals surface area contributed by atoms with Crippen molar-refractivity contribution in [3.63, 3.8) is 0 Å². The lowest BCUT2D eigenvalue weighted by Gasteiger charge is -2.47. The second-order valence-electron chi connectivity index (χ2n) is 7.64. The van der Waals surface area contributed by atoms with Crippen molar-refractivity contribution >= 4 is 12.3 Å². The molecule has 138 valence electrons. The van der Waals surface area contributed by atoms with Crippen molar-refractivity contribution in [1.29, 1.82) is 0 Å². The molecule has 0 saturated heterocycles. The Kier molecular flexibility index (Phi) is 4.47. The molecule has 0 bridgehead atoms. The van der Waals surface area contributed by atoms with Crippen molar-refractivity contribution in [1.82, 2.24) is 0 Å². The molecule has 27 heavy (non-hydrogen) atoms. The van der Waals surface area contributed by atoms with Gasteiger partial charge in [-0.1, -0.05) is 74.9 Å². The molecule has 4 atom stereocenters. The Morgan fingerprint density at radius 1 is 1.07 bits per heavy atom. The van der Waals surface area contributed by atoms with Crippen LogP contribution >= 0.6 is 0 Å². The maximum absolute atomic E-state index is 13.5. The minimum atomic E-state index is -0.863. The van der Waals surface area contributed by atoms with E-state index >= 15 is 0 Å². The van der Waals surface area contributed by atoms with E-state index in [0.717, 1.165) is 30.3 Å². The molecule has 3 heteroatoms. The average molecular weight is 360 g/mol. The van der Waals surface area contributed by atoms with Gasteiger partial charge in [0.1, 0.15) is 17.5 Å². The Hall–Kier alpha value is -2.68. The van der Waals surface area contributed by atoms with Crippen LogP contribution in [-0.4, -0.2) is 12.3 Å². The molecule has 1 heterocycles. The van der Waals surface area contributed by atoms with Crippen molar-refractivity contribution in [3.8, 4) is 5.75 Å². The van der Waals surface area contributed by atoms with Gasteiger partial charge in [0.2, 0.25) is 0 Å². The van der Waals surface area contributed by atoms with Gasteiger partial charge in [0.05, 0.1) is 0 Å². The highest BCUT2D eigenvalue weighted by Crippen LogP contribution is 2.60. The summed E-state index contributed by atoms with van der Waals surface area (Å²) in [6.07, 6.45) is 4.85. The number of esters is 1. The lowest BCUT2D eigenvalue weighted by Crippen LogP contribution is -2.51. The number of carbonyl (C=O) groups is 2. The fourth-order valence-electron chi connectivity index (χ4n) is 5.23. The first kappa shape index (κ1) is 17.7. The molecule has 0 N–H and O–H groups in total. The van der Waals surface area contributed by atoms with Gasteiger partial charge >= 0.3 is 5.97 Å². The van der Waals surface area contributed by atoms with E-state index in [9.17, 15) is 9.59 Å². The molecule has 0 fully saturated rings. The van der Waals surface area contributed by atoms with E-state index < -0.39 is 5.41 Å². The third kappa shape index (κ3) is 2.48. The number of hydrogen-bond donors (Lipinski definition) is 0. The fourth-order valence-corrected chi connectivity index (χ4v) is 5.23. The Morgan fingerprint density at radius 2 is 1.78 bits per heavy atom. The van der Waals surface area contributed by atoms with E-state index in [1.165, 1.54) is 0 Å². The fraction of sp³-hybridized carbons (Fsp3) is 0.333. The summed E-state index contributed by atoms with van der Waals surface area (Å²) in [6.45, 7) is 4.25. The summed E-state index contributed by atoms with van der Waals surface area (Å²) < 4.78 is 5.79. The predicted molar refractivity (Wildman–Crippen MR) is 105 cm³/mol. The second-order valence-corrected chi connectivity index (χ2v) is 7.64. The van der Waals surface area contributed by atoms with Gasteiger partial charge in [0.15, 0.2) is 0 Å². The second kappa shape index (κ2) is 6.80. The molecule has 2 aromatic carbocycles. The van der Waals surface area contributed by atoms with E-state index in [1.54, 1.807) is 0 Å². The first-order valence-corrected chi connectivity index (χ1v) is 9.68. The third-order valence-electron chi connectivity index (χ3n) is 6.21. The van der Waals surface area contributed by atoms with Crippen LogP contribution in [0, 0.1) is 11.8 Å². The van der Waals surface area contributed by atoms with E-state index in [-0.39, 0.29) is 23.7 Å². The predicted octanol–water partition coefficient (Wildman–Crippen LogP) is 4.82. The molecular formula is C24H24O3. The zero-order valence-corrected chi connectivity index (χ0v) is 15.7. The number of rotatable bonds is 4. The van der Waals surface area contributed by atoms with Crippen LogP contribution in [0.4, 0.5) is 0 Å². The number of fused-ring (bicyclic) bond motifs is 2. The van der Waals surface area contributed by atoms with Crippen LogP contribution in [-0.2, 0) is 15.0 Å². The van der Waals surface area contributed by atoms with Crippen molar-refractivity contribution in [2.24, 2.45) is 11.8 Å². The quantitative estimate of drug-likeness (QED) is 0.446. The Balaban J connectivity index is 2.05. The summed E-state index contributed by atoms with van der Waals surface area (Å²) in [5.74, 6) is 0.260. The molecular weight excluding hydrogens is 336 g/mol. The maximum atomic E-state index is 13.5. The summed E-state index contributed by atoms with van der Waals surface area (Å²) in [5, 5.41) is 0. The van der Waals surface area contributed by atoms with Gasteiger partial charge in [-0.2, -0.15) is 0 Å². The number of aldehydes is 1. The first-order valence-electron chi connectivity index (χ1n) is 9.68. The minimum absolute atomic E-state index is 0.0764. The number of ether oxygens (including phenoxy) is 1. The Bertz CT molecular complexity index is 899. The van der Waals surface area contributed by atoms with Gasteiger partial charge in [-0.25, -0.2) is 0 Å². The molecule has 0 aromatic heterocycles. The Labute approximate surface area is 160 Å². The minimum Gasteiger partial charge on any atom is -0.426 e. The normalized spacial score (nSPS) is 29.2. The molecule has 1 aliphatic heterocycles. The number of carbonyl (C=O) groups excluding carboxylic acids is 2. The van der Waals surface area contributed by atoms with E-state index in [2.05, 4.69) is 19.9 Å². The molecule has 0 radical (unpaired) electrons. The van der Waals surface area contributed by atoms with Crippen LogP contribution in [0.25, 0.3) is 0 Å². The van der Waals surface area contributed by atoms with Gasteiger partial charge in [0, 0.05) is 11.5 Å². The van der Waals surface area contributed by atoms with Crippen molar-refractivity contribution in [3.05, 3.63) is 77.4 Å². The Morgan fingerprint density at radius 3 is 2.48 bits per heavy atom. The highest BCUT2D eigenvalue weighted by molar-refractivity contribution is 5.95. The highest BCUT2D eigenvalue weighted by atomic mass is 16.5. The van der Waals surface area contributed by atoms with E-state index in [1.807, 2.05) is 54.6 Å². The number of benzene rings is 2. The highest BCUT2D eigenvalue weighted by Gasteiger charge is 2.62. The standard InChI is InChI=1S/C24H24O3/c1-3-9-19-16(2)14-18(15-25)22(17-10-5-4-6-11-17)24(19)20-12-7-8-13-21(20)27-23(24)26/h4-8,10-16,19,22H,3,9H2,1-2H3/t16-,19+,22+,24-/m0/s1. The summed E-state index contributed by atoms with van der Waals surface area (Å²) in [6, 6.07) is 17.6. The molecule has 0 amide bonds. The summed E-state index contributed by atoms with van der Waals surface area (Å²) >= 11 is 0. The van der Waals surface area contributed by atoms with Gasteiger partial charge in [0.25, 0.3) is 0 Å². The topological polar surface area (TPSA) is 43.4 Å². The zero-order chi connectivity index (χ0) is 19.0. The van der Waals surface area contributed by atoms with E-state index in [0.29, 0.717) is 11.3 Å². The van der Waals surface area contributed by atoms with Crippen LogP contribution in [0.15, 0.2) is 66.2 Å².